The Balaban J connectivity index is 1.37. The molecule has 1 amide bonds. The maximum Gasteiger partial charge on any atom is 0.240 e. The molecule has 0 bridgehead atoms. The summed E-state index contributed by atoms with van der Waals surface area (Å²) in [6.45, 7) is 4.40. The summed E-state index contributed by atoms with van der Waals surface area (Å²) in [5, 5.41) is 4.01. The molecule has 3 fully saturated rings. The molecule has 0 unspecified atom stereocenters. The van der Waals surface area contributed by atoms with Gasteiger partial charge in [0.15, 0.2) is 5.82 Å². The maximum atomic E-state index is 13.0. The van der Waals surface area contributed by atoms with Gasteiger partial charge in [-0.3, -0.25) is 9.69 Å². The summed E-state index contributed by atoms with van der Waals surface area (Å²) >= 11 is 1.69. The first-order valence-corrected chi connectivity index (χ1v) is 10.4. The Hall–Kier alpha value is -1.08. The number of hydrogen-bond donors (Lipinski definition) is 0. The third kappa shape index (κ3) is 3.33. The predicted molar refractivity (Wildman–Crippen MR) is 92.4 cm³/mol. The molecule has 0 radical (unpaired) electrons. The highest BCUT2D eigenvalue weighted by Gasteiger charge is 2.49. The number of likely N-dealkylation sites (tertiary alicyclic amines) is 2. The highest BCUT2D eigenvalue weighted by Crippen LogP contribution is 2.42. The molecule has 1 aromatic heterocycles. The van der Waals surface area contributed by atoms with Crippen LogP contribution >= 0.6 is 11.8 Å². The second-order valence-corrected chi connectivity index (χ2v) is 8.44. The molecule has 1 aromatic rings. The smallest absolute Gasteiger partial charge is 0.240 e. The van der Waals surface area contributed by atoms with Gasteiger partial charge >= 0.3 is 0 Å². The van der Waals surface area contributed by atoms with Crippen LogP contribution in [0.4, 0.5) is 0 Å². The number of carbonyl (C=O) groups excluding carboxylic acids is 1. The molecule has 3 heterocycles. The summed E-state index contributed by atoms with van der Waals surface area (Å²) in [6.07, 6.45) is 7.79. The fourth-order valence-corrected chi connectivity index (χ4v) is 4.52. The molecule has 7 heteroatoms. The topological polar surface area (TPSA) is 62.5 Å². The lowest BCUT2D eigenvalue weighted by molar-refractivity contribution is -0.146. The molecule has 4 rings (SSSR count). The standard InChI is InChI=1S/C17H26N4O2S/c1-24-11-14-18-15(23-19-14)10-20-8-6-17(12-20)5-2-7-21(16(17)22)9-13-3-4-13/h13H,2-12H2,1H3/t17-/m0/s1. The SMILES string of the molecule is CSCc1noc(CN2CC[C@@]3(CCCN(CC4CC4)C3=O)C2)n1. The Morgan fingerprint density at radius 1 is 1.33 bits per heavy atom. The van der Waals surface area contributed by atoms with E-state index < -0.39 is 0 Å². The van der Waals surface area contributed by atoms with Crippen molar-refractivity contribution in [1.29, 1.82) is 0 Å². The van der Waals surface area contributed by atoms with E-state index in [4.69, 9.17) is 4.52 Å². The van der Waals surface area contributed by atoms with Crippen LogP contribution in [0.5, 0.6) is 0 Å². The van der Waals surface area contributed by atoms with Crippen LogP contribution in [0.25, 0.3) is 0 Å². The van der Waals surface area contributed by atoms with Crippen LogP contribution in [0.3, 0.4) is 0 Å². The molecular formula is C17H26N4O2S. The number of hydrogen-bond acceptors (Lipinski definition) is 6. The Labute approximate surface area is 147 Å². The molecule has 1 aliphatic carbocycles. The lowest BCUT2D eigenvalue weighted by atomic mass is 9.78. The number of rotatable bonds is 6. The van der Waals surface area contributed by atoms with Crippen molar-refractivity contribution in [2.24, 2.45) is 11.3 Å². The van der Waals surface area contributed by atoms with Gasteiger partial charge in [0.25, 0.3) is 0 Å². The zero-order chi connectivity index (χ0) is 16.6. The summed E-state index contributed by atoms with van der Waals surface area (Å²) in [6, 6.07) is 0. The monoisotopic (exact) mass is 350 g/mol. The molecule has 1 spiro atoms. The minimum atomic E-state index is -0.157. The molecule has 2 saturated heterocycles. The van der Waals surface area contributed by atoms with Crippen LogP contribution in [0.2, 0.25) is 0 Å². The van der Waals surface area contributed by atoms with Crippen molar-refractivity contribution >= 4 is 17.7 Å². The second-order valence-electron chi connectivity index (χ2n) is 7.58. The number of amides is 1. The quantitative estimate of drug-likeness (QED) is 0.783. The summed E-state index contributed by atoms with van der Waals surface area (Å²) < 4.78 is 5.35. The minimum absolute atomic E-state index is 0.157. The van der Waals surface area contributed by atoms with Crippen LogP contribution < -0.4 is 0 Å². The van der Waals surface area contributed by atoms with Crippen LogP contribution in [-0.2, 0) is 17.1 Å². The predicted octanol–water partition coefficient (Wildman–Crippen LogP) is 2.16. The van der Waals surface area contributed by atoms with E-state index in [1.807, 2.05) is 6.26 Å². The van der Waals surface area contributed by atoms with Crippen molar-refractivity contribution in [3.63, 3.8) is 0 Å². The van der Waals surface area contributed by atoms with Gasteiger partial charge in [-0.15, -0.1) is 0 Å². The molecule has 1 atom stereocenters. The average molecular weight is 350 g/mol. The van der Waals surface area contributed by atoms with Crippen molar-refractivity contribution in [3.8, 4) is 0 Å². The molecule has 24 heavy (non-hydrogen) atoms. The lowest BCUT2D eigenvalue weighted by Crippen LogP contribution is -2.50. The number of piperidine rings is 1. The number of nitrogens with zero attached hydrogens (tertiary/aromatic N) is 4. The third-order valence-corrected chi connectivity index (χ3v) is 6.12. The van der Waals surface area contributed by atoms with E-state index in [1.165, 1.54) is 12.8 Å². The van der Waals surface area contributed by atoms with Gasteiger partial charge in [0.1, 0.15) is 0 Å². The summed E-state index contributed by atoms with van der Waals surface area (Å²) in [5.41, 5.74) is -0.157. The van der Waals surface area contributed by atoms with Gasteiger partial charge in [0, 0.05) is 19.6 Å². The number of carbonyl (C=O) groups is 1. The van der Waals surface area contributed by atoms with E-state index in [0.717, 1.165) is 62.9 Å². The van der Waals surface area contributed by atoms with Crippen LogP contribution in [0, 0.1) is 11.3 Å². The maximum absolute atomic E-state index is 13.0. The fraction of sp³-hybridized carbons (Fsp3) is 0.824. The van der Waals surface area contributed by atoms with Crippen molar-refractivity contribution in [2.75, 3.05) is 32.4 Å². The van der Waals surface area contributed by atoms with Crippen molar-refractivity contribution in [2.45, 2.75) is 44.4 Å². The highest BCUT2D eigenvalue weighted by molar-refractivity contribution is 7.97. The summed E-state index contributed by atoms with van der Waals surface area (Å²) in [7, 11) is 0. The molecule has 6 nitrogen and oxygen atoms in total. The zero-order valence-electron chi connectivity index (χ0n) is 14.4. The summed E-state index contributed by atoms with van der Waals surface area (Å²) in [5.74, 6) is 3.39. The fourth-order valence-electron chi connectivity index (χ4n) is 4.14. The third-order valence-electron chi connectivity index (χ3n) is 5.58. The van der Waals surface area contributed by atoms with Gasteiger partial charge in [0.2, 0.25) is 11.8 Å². The van der Waals surface area contributed by atoms with Crippen LogP contribution in [-0.4, -0.2) is 58.3 Å². The average Bonchev–Trinajstić information content (AvgIpc) is 3.13. The van der Waals surface area contributed by atoms with E-state index in [-0.39, 0.29) is 5.41 Å². The summed E-state index contributed by atoms with van der Waals surface area (Å²) in [4.78, 5) is 21.9. The van der Waals surface area contributed by atoms with E-state index in [2.05, 4.69) is 19.9 Å². The van der Waals surface area contributed by atoms with E-state index in [1.54, 1.807) is 11.8 Å². The van der Waals surface area contributed by atoms with Gasteiger partial charge in [-0.1, -0.05) is 5.16 Å². The Bertz CT molecular complexity index is 603. The second kappa shape index (κ2) is 6.67. The lowest BCUT2D eigenvalue weighted by Gasteiger charge is -2.39. The first-order chi connectivity index (χ1) is 11.7. The zero-order valence-corrected chi connectivity index (χ0v) is 15.2. The highest BCUT2D eigenvalue weighted by atomic mass is 32.2. The van der Waals surface area contributed by atoms with E-state index in [0.29, 0.717) is 18.3 Å². The van der Waals surface area contributed by atoms with Gasteiger partial charge < -0.3 is 9.42 Å². The largest absolute Gasteiger partial charge is 0.342 e. The van der Waals surface area contributed by atoms with Crippen molar-refractivity contribution in [3.05, 3.63) is 11.7 Å². The van der Waals surface area contributed by atoms with Crippen LogP contribution in [0.1, 0.15) is 43.8 Å². The minimum Gasteiger partial charge on any atom is -0.342 e. The normalized spacial score (nSPS) is 28.2. The molecule has 2 aliphatic heterocycles. The van der Waals surface area contributed by atoms with Gasteiger partial charge in [0.05, 0.1) is 17.7 Å². The number of aromatic nitrogens is 2. The molecule has 1 saturated carbocycles. The van der Waals surface area contributed by atoms with Gasteiger partial charge in [-0.2, -0.15) is 16.7 Å². The first-order valence-electron chi connectivity index (χ1n) is 9.01. The molecule has 132 valence electrons. The Kier molecular flexibility index (Phi) is 4.56. The molecule has 0 aromatic carbocycles. The molecule has 0 N–H and O–H groups in total. The van der Waals surface area contributed by atoms with Crippen molar-refractivity contribution in [1.82, 2.24) is 19.9 Å². The Morgan fingerprint density at radius 3 is 3.00 bits per heavy atom. The van der Waals surface area contributed by atoms with E-state index in [9.17, 15) is 4.79 Å². The van der Waals surface area contributed by atoms with Gasteiger partial charge in [-0.25, -0.2) is 0 Å². The van der Waals surface area contributed by atoms with Crippen molar-refractivity contribution < 1.29 is 9.32 Å². The van der Waals surface area contributed by atoms with E-state index >= 15 is 0 Å². The molecule has 3 aliphatic rings. The Morgan fingerprint density at radius 2 is 2.21 bits per heavy atom. The van der Waals surface area contributed by atoms with Gasteiger partial charge in [-0.05, 0) is 50.8 Å². The molecular weight excluding hydrogens is 324 g/mol. The van der Waals surface area contributed by atoms with Crippen LogP contribution in [0.15, 0.2) is 4.52 Å². The number of thioether (sulfide) groups is 1. The first kappa shape index (κ1) is 16.4.